The van der Waals surface area contributed by atoms with Crippen LogP contribution in [0.1, 0.15) is 16.8 Å². The maximum Gasteiger partial charge on any atom is 0.270 e. The Morgan fingerprint density at radius 2 is 1.87 bits per heavy atom. The van der Waals surface area contributed by atoms with Crippen LogP contribution in [0.25, 0.3) is 0 Å². The molecule has 0 unspecified atom stereocenters. The molecule has 0 bridgehead atoms. The number of nitrogens with zero attached hydrogens (tertiary/aromatic N) is 1. The summed E-state index contributed by atoms with van der Waals surface area (Å²) < 4.78 is 11.1. The first-order valence-corrected chi connectivity index (χ1v) is 7.09. The lowest BCUT2D eigenvalue weighted by Crippen LogP contribution is -2.12. The third-order valence-corrected chi connectivity index (χ3v) is 3.32. The van der Waals surface area contributed by atoms with Crippen LogP contribution in [0.3, 0.4) is 0 Å². The van der Waals surface area contributed by atoms with E-state index < -0.39 is 10.8 Å². The largest absolute Gasteiger partial charge is 0.490 e. The van der Waals surface area contributed by atoms with E-state index >= 15 is 0 Å². The molecular formula is C16H14N2O5. The van der Waals surface area contributed by atoms with Crippen molar-refractivity contribution in [3.8, 4) is 11.5 Å². The van der Waals surface area contributed by atoms with Gasteiger partial charge in [0.15, 0.2) is 11.5 Å². The fraction of sp³-hybridized carbons (Fsp3) is 0.188. The average Bonchev–Trinajstić information content (AvgIpc) is 2.79. The number of non-ortho nitro benzene ring substituents is 1. The van der Waals surface area contributed by atoms with Crippen LogP contribution in [0, 0.1) is 10.1 Å². The van der Waals surface area contributed by atoms with E-state index in [4.69, 9.17) is 9.47 Å². The summed E-state index contributed by atoms with van der Waals surface area (Å²) in [6, 6.07) is 10.7. The molecule has 3 rings (SSSR count). The molecule has 0 radical (unpaired) electrons. The predicted octanol–water partition coefficient (Wildman–Crippen LogP) is 3.01. The zero-order chi connectivity index (χ0) is 16.2. The Hall–Kier alpha value is -3.09. The number of carbonyl (C=O) groups excluding carboxylic acids is 1. The molecule has 23 heavy (non-hydrogen) atoms. The van der Waals surface area contributed by atoms with Crippen molar-refractivity contribution in [2.45, 2.75) is 6.42 Å². The number of carbonyl (C=O) groups is 1. The van der Waals surface area contributed by atoms with E-state index in [-0.39, 0.29) is 11.3 Å². The minimum Gasteiger partial charge on any atom is -0.490 e. The van der Waals surface area contributed by atoms with Crippen LogP contribution in [-0.4, -0.2) is 24.0 Å². The minimum atomic E-state index is -0.537. The number of benzene rings is 2. The molecule has 0 aliphatic carbocycles. The number of hydrogen-bond donors (Lipinski definition) is 1. The second-order valence-corrected chi connectivity index (χ2v) is 4.97. The SMILES string of the molecule is O=C(Nc1ccc2c(c1)OCCCO2)c1cccc([N+](=O)[O-])c1. The smallest absolute Gasteiger partial charge is 0.270 e. The molecule has 1 amide bonds. The lowest BCUT2D eigenvalue weighted by molar-refractivity contribution is -0.384. The molecule has 7 heteroatoms. The van der Waals surface area contributed by atoms with Gasteiger partial charge in [-0.2, -0.15) is 0 Å². The number of hydrogen-bond acceptors (Lipinski definition) is 5. The Kier molecular flexibility index (Phi) is 4.09. The molecule has 1 N–H and O–H groups in total. The van der Waals surface area contributed by atoms with Crippen LogP contribution < -0.4 is 14.8 Å². The topological polar surface area (TPSA) is 90.7 Å². The quantitative estimate of drug-likeness (QED) is 0.694. The Balaban J connectivity index is 1.79. The molecule has 1 heterocycles. The zero-order valence-electron chi connectivity index (χ0n) is 12.2. The van der Waals surface area contributed by atoms with E-state index in [2.05, 4.69) is 5.32 Å². The highest BCUT2D eigenvalue weighted by Crippen LogP contribution is 2.32. The van der Waals surface area contributed by atoms with Crippen LogP contribution >= 0.6 is 0 Å². The molecule has 118 valence electrons. The molecular weight excluding hydrogens is 300 g/mol. The summed E-state index contributed by atoms with van der Waals surface area (Å²) in [5, 5.41) is 13.5. The van der Waals surface area contributed by atoms with Crippen LogP contribution in [0.5, 0.6) is 11.5 Å². The third-order valence-electron chi connectivity index (χ3n) is 3.32. The van der Waals surface area contributed by atoms with Crippen LogP contribution in [0.15, 0.2) is 42.5 Å². The Morgan fingerprint density at radius 3 is 2.65 bits per heavy atom. The van der Waals surface area contributed by atoms with Gasteiger partial charge < -0.3 is 14.8 Å². The number of anilines is 1. The summed E-state index contributed by atoms with van der Waals surface area (Å²) in [6.07, 6.45) is 0.796. The molecule has 0 aromatic heterocycles. The van der Waals surface area contributed by atoms with Crippen molar-refractivity contribution < 1.29 is 19.2 Å². The minimum absolute atomic E-state index is 0.128. The van der Waals surface area contributed by atoms with Crippen LogP contribution in [0.4, 0.5) is 11.4 Å². The molecule has 0 saturated heterocycles. The van der Waals surface area contributed by atoms with E-state index in [1.807, 2.05) is 0 Å². The maximum atomic E-state index is 12.2. The molecule has 0 spiro atoms. The molecule has 7 nitrogen and oxygen atoms in total. The summed E-state index contributed by atoms with van der Waals surface area (Å²) in [6.45, 7) is 1.14. The van der Waals surface area contributed by atoms with E-state index in [0.29, 0.717) is 30.4 Å². The number of fused-ring (bicyclic) bond motifs is 1. The highest BCUT2D eigenvalue weighted by Gasteiger charge is 2.14. The molecule has 2 aromatic rings. The van der Waals surface area contributed by atoms with Gasteiger partial charge in [-0.3, -0.25) is 14.9 Å². The fourth-order valence-corrected chi connectivity index (χ4v) is 2.21. The first kappa shape index (κ1) is 14.8. The Bertz CT molecular complexity index is 760. The van der Waals surface area contributed by atoms with Gasteiger partial charge in [0.1, 0.15) is 0 Å². The lowest BCUT2D eigenvalue weighted by atomic mass is 10.2. The van der Waals surface area contributed by atoms with Gasteiger partial charge in [0.05, 0.1) is 18.1 Å². The predicted molar refractivity (Wildman–Crippen MR) is 83.1 cm³/mol. The Labute approximate surface area is 132 Å². The highest BCUT2D eigenvalue weighted by molar-refractivity contribution is 6.04. The summed E-state index contributed by atoms with van der Waals surface area (Å²) in [4.78, 5) is 22.5. The average molecular weight is 314 g/mol. The van der Waals surface area contributed by atoms with Crippen molar-refractivity contribution in [1.29, 1.82) is 0 Å². The number of nitro groups is 1. The van der Waals surface area contributed by atoms with Crippen LogP contribution in [-0.2, 0) is 0 Å². The summed E-state index contributed by atoms with van der Waals surface area (Å²) in [7, 11) is 0. The number of nitrogens with one attached hydrogen (secondary N) is 1. The molecule has 1 aliphatic rings. The monoisotopic (exact) mass is 314 g/mol. The number of rotatable bonds is 3. The van der Waals surface area contributed by atoms with Gasteiger partial charge in [-0.15, -0.1) is 0 Å². The summed E-state index contributed by atoms with van der Waals surface area (Å²) in [5.41, 5.74) is 0.619. The van der Waals surface area contributed by atoms with Crippen molar-refractivity contribution in [2.24, 2.45) is 0 Å². The number of amides is 1. The van der Waals surface area contributed by atoms with E-state index in [9.17, 15) is 14.9 Å². The molecule has 0 atom stereocenters. The first-order valence-electron chi connectivity index (χ1n) is 7.09. The van der Waals surface area contributed by atoms with E-state index in [1.54, 1.807) is 18.2 Å². The van der Waals surface area contributed by atoms with Gasteiger partial charge in [0, 0.05) is 35.9 Å². The van der Waals surface area contributed by atoms with Gasteiger partial charge in [-0.05, 0) is 18.2 Å². The Morgan fingerprint density at radius 1 is 1.09 bits per heavy atom. The maximum absolute atomic E-state index is 12.2. The summed E-state index contributed by atoms with van der Waals surface area (Å²) in [5.74, 6) is 0.776. The molecule has 0 fully saturated rings. The van der Waals surface area contributed by atoms with Gasteiger partial charge in [-0.25, -0.2) is 0 Å². The molecule has 0 saturated carbocycles. The van der Waals surface area contributed by atoms with Crippen LogP contribution in [0.2, 0.25) is 0 Å². The second kappa shape index (κ2) is 6.35. The van der Waals surface area contributed by atoms with Crippen molar-refractivity contribution in [2.75, 3.05) is 18.5 Å². The van der Waals surface area contributed by atoms with Crippen molar-refractivity contribution >= 4 is 17.3 Å². The zero-order valence-corrected chi connectivity index (χ0v) is 12.2. The standard InChI is InChI=1S/C16H14N2O5/c19-16(11-3-1-4-13(9-11)18(20)21)17-12-5-6-14-15(10-12)23-8-2-7-22-14/h1,3-6,9-10H,2,7-8H2,(H,17,19). The molecule has 2 aromatic carbocycles. The highest BCUT2D eigenvalue weighted by atomic mass is 16.6. The van der Waals surface area contributed by atoms with Gasteiger partial charge >= 0.3 is 0 Å². The summed E-state index contributed by atoms with van der Waals surface area (Å²) >= 11 is 0. The second-order valence-electron chi connectivity index (χ2n) is 4.97. The number of nitro benzene ring substituents is 1. The van der Waals surface area contributed by atoms with Crippen molar-refractivity contribution in [3.05, 3.63) is 58.1 Å². The van der Waals surface area contributed by atoms with Gasteiger partial charge in [0.25, 0.3) is 11.6 Å². The van der Waals surface area contributed by atoms with Gasteiger partial charge in [-0.1, -0.05) is 6.07 Å². The first-order chi connectivity index (χ1) is 11.1. The lowest BCUT2D eigenvalue weighted by Gasteiger charge is -2.10. The van der Waals surface area contributed by atoms with E-state index in [1.165, 1.54) is 24.3 Å². The normalized spacial score (nSPS) is 13.0. The van der Waals surface area contributed by atoms with Crippen molar-refractivity contribution in [3.63, 3.8) is 0 Å². The van der Waals surface area contributed by atoms with Gasteiger partial charge in [0.2, 0.25) is 0 Å². The fourth-order valence-electron chi connectivity index (χ4n) is 2.21. The van der Waals surface area contributed by atoms with Crippen molar-refractivity contribution in [1.82, 2.24) is 0 Å². The third kappa shape index (κ3) is 3.39. The molecule has 1 aliphatic heterocycles. The van der Waals surface area contributed by atoms with E-state index in [0.717, 1.165) is 6.42 Å². The number of ether oxygens (including phenoxy) is 2.